The Kier molecular flexibility index (Phi) is 5.96. The van der Waals surface area contributed by atoms with Crippen molar-refractivity contribution in [1.29, 1.82) is 0 Å². The lowest BCUT2D eigenvalue weighted by Crippen LogP contribution is -2.43. The van der Waals surface area contributed by atoms with Gasteiger partial charge in [0.15, 0.2) is 0 Å². The fourth-order valence-corrected chi connectivity index (χ4v) is 6.42. The summed E-state index contributed by atoms with van der Waals surface area (Å²) in [7, 11) is 0. The molecule has 5 rings (SSSR count). The van der Waals surface area contributed by atoms with E-state index in [1.54, 1.807) is 11.3 Å². The van der Waals surface area contributed by atoms with Crippen LogP contribution in [0.1, 0.15) is 80.9 Å². The summed E-state index contributed by atoms with van der Waals surface area (Å²) in [5.41, 5.74) is 5.48. The van der Waals surface area contributed by atoms with Crippen LogP contribution in [0.5, 0.6) is 0 Å². The van der Waals surface area contributed by atoms with Crippen molar-refractivity contribution in [2.24, 2.45) is 5.41 Å². The third-order valence-corrected chi connectivity index (χ3v) is 8.06. The summed E-state index contributed by atoms with van der Waals surface area (Å²) in [6.45, 7) is 7.79. The van der Waals surface area contributed by atoms with Gasteiger partial charge in [0.05, 0.1) is 6.04 Å². The number of hydrogen-bond donors (Lipinski definition) is 1. The average molecular weight is 476 g/mol. The molecule has 1 fully saturated rings. The molecule has 3 aromatic rings. The minimum absolute atomic E-state index is 0.0177. The van der Waals surface area contributed by atoms with Crippen molar-refractivity contribution in [3.8, 4) is 10.6 Å². The van der Waals surface area contributed by atoms with Crippen LogP contribution in [-0.4, -0.2) is 21.7 Å². The summed E-state index contributed by atoms with van der Waals surface area (Å²) in [4.78, 5) is 22.2. The molecule has 2 aliphatic carbocycles. The van der Waals surface area contributed by atoms with Crippen LogP contribution in [0.4, 0.5) is 4.79 Å². The third kappa shape index (κ3) is 4.61. The molecule has 1 N–H and O–H groups in total. The monoisotopic (exact) mass is 475 g/mol. The maximum atomic E-state index is 12.8. The van der Waals surface area contributed by atoms with E-state index in [0.717, 1.165) is 48.4 Å². The molecule has 2 aromatic heterocycles. The lowest BCUT2D eigenvalue weighted by molar-refractivity contribution is 0.0406. The quantitative estimate of drug-likeness (QED) is 0.444. The van der Waals surface area contributed by atoms with Gasteiger partial charge in [-0.15, -0.1) is 11.3 Å². The Balaban J connectivity index is 1.37. The predicted octanol–water partition coefficient (Wildman–Crippen LogP) is 6.98. The van der Waals surface area contributed by atoms with Crippen LogP contribution in [-0.2, 0) is 11.2 Å². The molecule has 1 atom stereocenters. The smallest absolute Gasteiger partial charge is 0.408 e. The van der Waals surface area contributed by atoms with Gasteiger partial charge in [-0.1, -0.05) is 24.3 Å². The Morgan fingerprint density at radius 2 is 1.94 bits per heavy atom. The van der Waals surface area contributed by atoms with E-state index in [1.807, 2.05) is 32.3 Å². The Bertz CT molecular complexity index is 1170. The molecule has 1 aromatic carbocycles. The molecule has 0 saturated heterocycles. The molecule has 2 aliphatic rings. The summed E-state index contributed by atoms with van der Waals surface area (Å²) in [6.07, 6.45) is 6.76. The number of aromatic nitrogens is 2. The standard InChI is InChI=1S/C28H33N3O2S/c1-18-15-21(25-29-13-14-34-25)16-23(30-18)19-9-11-28(12-10-19)17-20-7-5-6-8-22(20)24(28)31-26(32)33-27(2,3)4/h5-8,13-16,19,24H,9-12,17H2,1-4H3,(H,31,32)/t19?,24-,28?/m1/s1. The van der Waals surface area contributed by atoms with Crippen molar-refractivity contribution in [3.05, 3.63) is 70.5 Å². The summed E-state index contributed by atoms with van der Waals surface area (Å²) < 4.78 is 5.64. The number of benzene rings is 1. The van der Waals surface area contributed by atoms with Gasteiger partial charge in [0, 0.05) is 34.4 Å². The van der Waals surface area contributed by atoms with Crippen LogP contribution in [0, 0.1) is 12.3 Å². The number of thiazole rings is 1. The van der Waals surface area contributed by atoms with Crippen LogP contribution in [0.2, 0.25) is 0 Å². The molecule has 1 saturated carbocycles. The first-order valence-corrected chi connectivity index (χ1v) is 13.1. The average Bonchev–Trinajstić information content (AvgIpc) is 3.40. The van der Waals surface area contributed by atoms with Crippen LogP contribution < -0.4 is 5.32 Å². The van der Waals surface area contributed by atoms with E-state index in [-0.39, 0.29) is 17.6 Å². The zero-order valence-electron chi connectivity index (χ0n) is 20.4. The topological polar surface area (TPSA) is 64.1 Å². The van der Waals surface area contributed by atoms with Gasteiger partial charge >= 0.3 is 6.09 Å². The molecule has 0 unspecified atom stereocenters. The Hall–Kier alpha value is -2.73. The number of carbonyl (C=O) groups is 1. The number of aryl methyl sites for hydroxylation is 1. The van der Waals surface area contributed by atoms with Gasteiger partial charge in [-0.2, -0.15) is 0 Å². The predicted molar refractivity (Wildman–Crippen MR) is 136 cm³/mol. The van der Waals surface area contributed by atoms with Gasteiger partial charge in [-0.05, 0) is 88.5 Å². The van der Waals surface area contributed by atoms with E-state index in [2.05, 4.69) is 53.6 Å². The van der Waals surface area contributed by atoms with Crippen molar-refractivity contribution < 1.29 is 9.53 Å². The summed E-state index contributed by atoms with van der Waals surface area (Å²) in [5.74, 6) is 0.426. The fraction of sp³-hybridized carbons (Fsp3) is 0.464. The van der Waals surface area contributed by atoms with E-state index in [4.69, 9.17) is 9.72 Å². The first-order valence-electron chi connectivity index (χ1n) is 12.2. The highest BCUT2D eigenvalue weighted by Gasteiger charge is 2.49. The Labute approximate surface area is 206 Å². The van der Waals surface area contributed by atoms with E-state index in [1.165, 1.54) is 16.8 Å². The van der Waals surface area contributed by atoms with Crippen molar-refractivity contribution >= 4 is 17.4 Å². The van der Waals surface area contributed by atoms with Crippen LogP contribution in [0.15, 0.2) is 48.0 Å². The number of amides is 1. The largest absolute Gasteiger partial charge is 0.444 e. The van der Waals surface area contributed by atoms with E-state index >= 15 is 0 Å². The lowest BCUT2D eigenvalue weighted by Gasteiger charge is -2.42. The molecule has 0 bridgehead atoms. The Morgan fingerprint density at radius 3 is 2.65 bits per heavy atom. The zero-order valence-corrected chi connectivity index (χ0v) is 21.2. The number of hydrogen-bond acceptors (Lipinski definition) is 5. The third-order valence-electron chi connectivity index (χ3n) is 7.23. The van der Waals surface area contributed by atoms with Crippen molar-refractivity contribution in [1.82, 2.24) is 15.3 Å². The zero-order chi connectivity index (χ0) is 23.9. The first-order chi connectivity index (χ1) is 16.2. The number of pyridine rings is 1. The SMILES string of the molecule is Cc1cc(-c2nccs2)cc(C2CCC3(CC2)Cc2ccccc2[C@H]3NC(=O)OC(C)(C)C)n1. The number of nitrogens with zero attached hydrogens (tertiary/aromatic N) is 2. The number of fused-ring (bicyclic) bond motifs is 1. The molecule has 34 heavy (non-hydrogen) atoms. The van der Waals surface area contributed by atoms with E-state index < -0.39 is 5.60 Å². The maximum Gasteiger partial charge on any atom is 0.408 e. The summed E-state index contributed by atoms with van der Waals surface area (Å²) in [5, 5.41) is 6.33. The molecular formula is C28H33N3O2S. The number of nitrogens with one attached hydrogen (secondary N) is 1. The molecular weight excluding hydrogens is 442 g/mol. The second-order valence-electron chi connectivity index (χ2n) is 10.9. The molecule has 6 heteroatoms. The van der Waals surface area contributed by atoms with Gasteiger partial charge in [-0.3, -0.25) is 4.98 Å². The maximum absolute atomic E-state index is 12.8. The summed E-state index contributed by atoms with van der Waals surface area (Å²) in [6, 6.07) is 12.9. The summed E-state index contributed by atoms with van der Waals surface area (Å²) >= 11 is 1.67. The van der Waals surface area contributed by atoms with Crippen molar-refractivity contribution in [2.45, 2.75) is 77.4 Å². The second kappa shape index (κ2) is 8.81. The molecule has 0 aliphatic heterocycles. The highest BCUT2D eigenvalue weighted by atomic mass is 32.1. The van der Waals surface area contributed by atoms with E-state index in [9.17, 15) is 4.79 Å². The molecule has 5 nitrogen and oxygen atoms in total. The minimum atomic E-state index is -0.515. The van der Waals surface area contributed by atoms with Gasteiger partial charge < -0.3 is 10.1 Å². The first kappa shape index (κ1) is 23.0. The van der Waals surface area contributed by atoms with Crippen molar-refractivity contribution in [3.63, 3.8) is 0 Å². The van der Waals surface area contributed by atoms with Gasteiger partial charge in [-0.25, -0.2) is 9.78 Å². The number of ether oxygens (including phenoxy) is 1. The lowest BCUT2D eigenvalue weighted by atomic mass is 9.66. The molecule has 1 spiro atoms. The number of alkyl carbamates (subject to hydrolysis) is 1. The van der Waals surface area contributed by atoms with Crippen LogP contribution >= 0.6 is 11.3 Å². The molecule has 2 heterocycles. The van der Waals surface area contributed by atoms with Gasteiger partial charge in [0.2, 0.25) is 0 Å². The van der Waals surface area contributed by atoms with E-state index in [0.29, 0.717) is 5.92 Å². The number of rotatable bonds is 3. The second-order valence-corrected chi connectivity index (χ2v) is 11.7. The number of carbonyl (C=O) groups excluding carboxylic acids is 1. The van der Waals surface area contributed by atoms with Gasteiger partial charge in [0.25, 0.3) is 0 Å². The van der Waals surface area contributed by atoms with Crippen LogP contribution in [0.3, 0.4) is 0 Å². The van der Waals surface area contributed by atoms with Crippen molar-refractivity contribution in [2.75, 3.05) is 0 Å². The highest BCUT2D eigenvalue weighted by molar-refractivity contribution is 7.13. The normalized spacial score (nSPS) is 24.1. The highest BCUT2D eigenvalue weighted by Crippen LogP contribution is 2.56. The fourth-order valence-electron chi connectivity index (χ4n) is 5.79. The molecule has 178 valence electrons. The minimum Gasteiger partial charge on any atom is -0.444 e. The van der Waals surface area contributed by atoms with Crippen LogP contribution in [0.25, 0.3) is 10.6 Å². The molecule has 1 amide bonds. The van der Waals surface area contributed by atoms with Gasteiger partial charge in [0.1, 0.15) is 10.6 Å². The Morgan fingerprint density at radius 1 is 1.18 bits per heavy atom. The molecule has 0 radical (unpaired) electrons.